The van der Waals surface area contributed by atoms with E-state index in [9.17, 15) is 0 Å². The molecular formula is C13H20BrNO. The maximum absolute atomic E-state index is 5.60. The number of rotatable bonds is 7. The first-order valence-electron chi connectivity index (χ1n) is 5.78. The van der Waals surface area contributed by atoms with E-state index < -0.39 is 0 Å². The summed E-state index contributed by atoms with van der Waals surface area (Å²) in [7, 11) is 0. The fraction of sp³-hybridized carbons (Fsp3) is 0.538. The van der Waals surface area contributed by atoms with Crippen molar-refractivity contribution in [2.24, 2.45) is 0 Å². The number of nitrogens with one attached hydrogen (secondary N) is 1. The molecule has 0 aliphatic heterocycles. The number of hydrogen-bond donors (Lipinski definition) is 1. The third kappa shape index (κ3) is 5.10. The van der Waals surface area contributed by atoms with Gasteiger partial charge >= 0.3 is 0 Å². The van der Waals surface area contributed by atoms with E-state index in [2.05, 4.69) is 41.2 Å². The zero-order valence-corrected chi connectivity index (χ0v) is 11.6. The number of ether oxygens (including phenoxy) is 1. The highest BCUT2D eigenvalue weighted by Gasteiger charge is 1.99. The van der Waals surface area contributed by atoms with E-state index >= 15 is 0 Å². The van der Waals surface area contributed by atoms with Crippen molar-refractivity contribution in [3.05, 3.63) is 34.3 Å². The van der Waals surface area contributed by atoms with Crippen LogP contribution < -0.4 is 5.32 Å². The molecule has 0 fully saturated rings. The van der Waals surface area contributed by atoms with Crippen LogP contribution in [0.3, 0.4) is 0 Å². The molecule has 0 bridgehead atoms. The molecule has 0 aromatic heterocycles. The van der Waals surface area contributed by atoms with Gasteiger partial charge in [-0.3, -0.25) is 0 Å². The molecule has 0 saturated carbocycles. The smallest absolute Gasteiger partial charge is 0.0728 e. The molecule has 0 spiro atoms. The highest BCUT2D eigenvalue weighted by atomic mass is 79.9. The van der Waals surface area contributed by atoms with E-state index in [1.807, 2.05) is 18.2 Å². The topological polar surface area (TPSA) is 21.3 Å². The van der Waals surface area contributed by atoms with Crippen LogP contribution in [0.15, 0.2) is 28.7 Å². The highest BCUT2D eigenvalue weighted by molar-refractivity contribution is 9.10. The van der Waals surface area contributed by atoms with E-state index in [0.717, 1.165) is 24.0 Å². The molecule has 3 heteroatoms. The second-order valence-electron chi connectivity index (χ2n) is 3.91. The number of benzene rings is 1. The van der Waals surface area contributed by atoms with Crippen LogP contribution in [0.25, 0.3) is 0 Å². The Morgan fingerprint density at radius 3 is 2.81 bits per heavy atom. The van der Waals surface area contributed by atoms with Crippen LogP contribution in [0.4, 0.5) is 0 Å². The van der Waals surface area contributed by atoms with Crippen molar-refractivity contribution in [1.82, 2.24) is 5.32 Å². The zero-order valence-electron chi connectivity index (χ0n) is 10.0. The van der Waals surface area contributed by atoms with Crippen LogP contribution >= 0.6 is 15.9 Å². The van der Waals surface area contributed by atoms with Crippen LogP contribution in [0.2, 0.25) is 0 Å². The van der Waals surface area contributed by atoms with Gasteiger partial charge in [-0.05, 0) is 25.0 Å². The van der Waals surface area contributed by atoms with Gasteiger partial charge in [0.25, 0.3) is 0 Å². The quantitative estimate of drug-likeness (QED) is 0.776. The lowest BCUT2D eigenvalue weighted by molar-refractivity contribution is 0.120. The zero-order chi connectivity index (χ0) is 11.8. The van der Waals surface area contributed by atoms with Gasteiger partial charge in [-0.25, -0.2) is 0 Å². The van der Waals surface area contributed by atoms with Crippen LogP contribution in [0, 0.1) is 0 Å². The molecule has 1 N–H and O–H groups in total. The van der Waals surface area contributed by atoms with Crippen LogP contribution in [0.1, 0.15) is 25.8 Å². The second kappa shape index (κ2) is 7.82. The first-order chi connectivity index (χ1) is 7.74. The van der Waals surface area contributed by atoms with Crippen molar-refractivity contribution in [2.75, 3.05) is 13.2 Å². The molecule has 0 aliphatic carbocycles. The molecular weight excluding hydrogens is 266 g/mol. The fourth-order valence-corrected chi connectivity index (χ4v) is 1.72. The number of hydrogen-bond acceptors (Lipinski definition) is 2. The Morgan fingerprint density at radius 2 is 2.12 bits per heavy atom. The summed E-state index contributed by atoms with van der Waals surface area (Å²) in [6.45, 7) is 6.71. The second-order valence-corrected chi connectivity index (χ2v) is 4.76. The summed E-state index contributed by atoms with van der Waals surface area (Å²) in [5.41, 5.74) is 1.20. The van der Waals surface area contributed by atoms with Gasteiger partial charge in [0.05, 0.1) is 13.2 Å². The lowest BCUT2D eigenvalue weighted by Gasteiger charge is -2.11. The Hall–Kier alpha value is -0.380. The standard InChI is InChI=1S/C13H20BrNO/c1-3-11(2)15-8-9-16-10-12-6-4-5-7-13(12)14/h4-7,11,15H,3,8-10H2,1-2H3. The number of halogens is 1. The van der Waals surface area contributed by atoms with Crippen LogP contribution in [-0.4, -0.2) is 19.2 Å². The van der Waals surface area contributed by atoms with Crippen molar-refractivity contribution in [3.63, 3.8) is 0 Å². The molecule has 0 radical (unpaired) electrons. The Morgan fingerprint density at radius 1 is 1.38 bits per heavy atom. The van der Waals surface area contributed by atoms with Crippen molar-refractivity contribution in [1.29, 1.82) is 0 Å². The van der Waals surface area contributed by atoms with Crippen LogP contribution in [0.5, 0.6) is 0 Å². The molecule has 2 nitrogen and oxygen atoms in total. The van der Waals surface area contributed by atoms with Gasteiger partial charge in [-0.15, -0.1) is 0 Å². The largest absolute Gasteiger partial charge is 0.375 e. The SMILES string of the molecule is CCC(C)NCCOCc1ccccc1Br. The van der Waals surface area contributed by atoms with Gasteiger partial charge in [0, 0.05) is 17.1 Å². The molecule has 16 heavy (non-hydrogen) atoms. The minimum Gasteiger partial charge on any atom is -0.375 e. The molecule has 1 rings (SSSR count). The van der Waals surface area contributed by atoms with Gasteiger partial charge in [0.2, 0.25) is 0 Å². The summed E-state index contributed by atoms with van der Waals surface area (Å²) >= 11 is 3.50. The van der Waals surface area contributed by atoms with Crippen LogP contribution in [-0.2, 0) is 11.3 Å². The summed E-state index contributed by atoms with van der Waals surface area (Å²) in [6.07, 6.45) is 1.16. The Bertz CT molecular complexity index is 304. The highest BCUT2D eigenvalue weighted by Crippen LogP contribution is 2.16. The predicted octanol–water partition coefficient (Wildman–Crippen LogP) is 3.35. The van der Waals surface area contributed by atoms with Crippen molar-refractivity contribution in [3.8, 4) is 0 Å². The van der Waals surface area contributed by atoms with Gasteiger partial charge in [0.15, 0.2) is 0 Å². The molecule has 0 saturated heterocycles. The summed E-state index contributed by atoms with van der Waals surface area (Å²) < 4.78 is 6.72. The van der Waals surface area contributed by atoms with E-state index in [1.54, 1.807) is 0 Å². The summed E-state index contributed by atoms with van der Waals surface area (Å²) in [6, 6.07) is 8.73. The van der Waals surface area contributed by atoms with Crippen molar-refractivity contribution >= 4 is 15.9 Å². The van der Waals surface area contributed by atoms with Crippen molar-refractivity contribution in [2.45, 2.75) is 32.9 Å². The van der Waals surface area contributed by atoms with Gasteiger partial charge in [0.1, 0.15) is 0 Å². The molecule has 0 heterocycles. The first kappa shape index (κ1) is 13.7. The average Bonchev–Trinajstić information content (AvgIpc) is 2.30. The lowest BCUT2D eigenvalue weighted by Crippen LogP contribution is -2.28. The van der Waals surface area contributed by atoms with E-state index in [4.69, 9.17) is 4.74 Å². The fourth-order valence-electron chi connectivity index (χ4n) is 1.32. The van der Waals surface area contributed by atoms with E-state index in [1.165, 1.54) is 5.56 Å². The average molecular weight is 286 g/mol. The van der Waals surface area contributed by atoms with E-state index in [0.29, 0.717) is 12.6 Å². The summed E-state index contributed by atoms with van der Waals surface area (Å²) in [5.74, 6) is 0. The molecule has 1 aromatic rings. The Balaban J connectivity index is 2.14. The predicted molar refractivity (Wildman–Crippen MR) is 71.6 cm³/mol. The summed E-state index contributed by atoms with van der Waals surface area (Å²) in [4.78, 5) is 0. The monoisotopic (exact) mass is 285 g/mol. The molecule has 90 valence electrons. The minimum atomic E-state index is 0.576. The Labute approximate surface area is 107 Å². The Kier molecular flexibility index (Phi) is 6.69. The maximum Gasteiger partial charge on any atom is 0.0728 e. The maximum atomic E-state index is 5.60. The normalized spacial score (nSPS) is 12.7. The third-order valence-electron chi connectivity index (χ3n) is 2.57. The minimum absolute atomic E-state index is 0.576. The van der Waals surface area contributed by atoms with Crippen molar-refractivity contribution < 1.29 is 4.74 Å². The van der Waals surface area contributed by atoms with Gasteiger partial charge in [-0.1, -0.05) is 41.1 Å². The first-order valence-corrected chi connectivity index (χ1v) is 6.58. The van der Waals surface area contributed by atoms with Gasteiger partial charge in [-0.2, -0.15) is 0 Å². The van der Waals surface area contributed by atoms with E-state index in [-0.39, 0.29) is 0 Å². The lowest BCUT2D eigenvalue weighted by atomic mass is 10.2. The van der Waals surface area contributed by atoms with Gasteiger partial charge < -0.3 is 10.1 Å². The molecule has 1 aromatic carbocycles. The molecule has 1 atom stereocenters. The third-order valence-corrected chi connectivity index (χ3v) is 3.34. The molecule has 0 aliphatic rings. The summed E-state index contributed by atoms with van der Waals surface area (Å²) in [5, 5.41) is 3.40. The molecule has 1 unspecified atom stereocenters. The molecule has 0 amide bonds.